The lowest BCUT2D eigenvalue weighted by Gasteiger charge is -2.13. The van der Waals surface area contributed by atoms with Crippen molar-refractivity contribution in [3.63, 3.8) is 0 Å². The topological polar surface area (TPSA) is 104 Å². The number of aliphatic hydroxyl groups excluding tert-OH is 1. The van der Waals surface area contributed by atoms with Crippen LogP contribution in [-0.4, -0.2) is 21.6 Å². The fourth-order valence-electron chi connectivity index (χ4n) is 2.07. The van der Waals surface area contributed by atoms with E-state index in [0.29, 0.717) is 28.8 Å². The predicted octanol–water partition coefficient (Wildman–Crippen LogP) is 1.71. The summed E-state index contributed by atoms with van der Waals surface area (Å²) in [5.41, 5.74) is 8.22. The van der Waals surface area contributed by atoms with Crippen molar-refractivity contribution in [2.75, 3.05) is 17.6 Å². The molecule has 0 aliphatic heterocycles. The Morgan fingerprint density at radius 3 is 3.10 bits per heavy atom. The summed E-state index contributed by atoms with van der Waals surface area (Å²) in [5.74, 6) is 0. The summed E-state index contributed by atoms with van der Waals surface area (Å²) in [6.07, 6.45) is 0.740. The summed E-state index contributed by atoms with van der Waals surface area (Å²) in [6, 6.07) is 5.17. The van der Waals surface area contributed by atoms with Gasteiger partial charge in [0.05, 0.1) is 34.7 Å². The summed E-state index contributed by atoms with van der Waals surface area (Å²) in [6.45, 7) is 0.329. The maximum Gasteiger partial charge on any atom is 0.258 e. The molecule has 3 rings (SSSR count). The molecule has 108 valence electrons. The van der Waals surface area contributed by atoms with Gasteiger partial charge in [0, 0.05) is 6.54 Å². The first-order chi connectivity index (χ1) is 10.1. The van der Waals surface area contributed by atoms with Crippen molar-refractivity contribution < 1.29 is 5.11 Å². The third-order valence-corrected chi connectivity index (χ3v) is 3.93. The molecule has 7 heteroatoms. The molecule has 1 unspecified atom stereocenters. The van der Waals surface area contributed by atoms with Gasteiger partial charge in [0.1, 0.15) is 0 Å². The lowest BCUT2D eigenvalue weighted by molar-refractivity contribution is 0.192. The number of nitrogens with two attached hydrogens (primary N) is 1. The van der Waals surface area contributed by atoms with E-state index in [1.165, 1.54) is 17.7 Å². The second-order valence-electron chi connectivity index (χ2n) is 4.64. The standard InChI is InChI=1S/C14H14N4O2S/c15-10-3-9-11(17-7-18-14(9)20)4-12(10)16-5-13(19)8-1-2-21-6-8/h1-4,6-7,13,16,19H,5,15H2,(H,17,18,20). The van der Waals surface area contributed by atoms with Crippen LogP contribution in [0.3, 0.4) is 0 Å². The Kier molecular flexibility index (Phi) is 3.59. The number of aromatic nitrogens is 2. The number of hydrogen-bond donors (Lipinski definition) is 4. The van der Waals surface area contributed by atoms with Gasteiger partial charge < -0.3 is 21.1 Å². The SMILES string of the molecule is Nc1cc2c(=O)[nH]cnc2cc1NCC(O)c1ccsc1. The zero-order chi connectivity index (χ0) is 14.8. The predicted molar refractivity (Wildman–Crippen MR) is 84.5 cm³/mol. The van der Waals surface area contributed by atoms with E-state index in [9.17, 15) is 9.90 Å². The van der Waals surface area contributed by atoms with Crippen molar-refractivity contribution in [1.29, 1.82) is 0 Å². The molecule has 1 atom stereocenters. The van der Waals surface area contributed by atoms with E-state index in [1.807, 2.05) is 16.8 Å². The largest absolute Gasteiger partial charge is 0.397 e. The van der Waals surface area contributed by atoms with E-state index in [1.54, 1.807) is 12.1 Å². The molecule has 0 bridgehead atoms. The number of rotatable bonds is 4. The molecule has 0 radical (unpaired) electrons. The highest BCUT2D eigenvalue weighted by molar-refractivity contribution is 7.07. The van der Waals surface area contributed by atoms with Crippen LogP contribution in [0.15, 0.2) is 40.1 Å². The van der Waals surface area contributed by atoms with Gasteiger partial charge in [0.2, 0.25) is 0 Å². The van der Waals surface area contributed by atoms with E-state index in [2.05, 4.69) is 15.3 Å². The van der Waals surface area contributed by atoms with Crippen LogP contribution in [0.5, 0.6) is 0 Å². The van der Waals surface area contributed by atoms with E-state index in [4.69, 9.17) is 5.73 Å². The lowest BCUT2D eigenvalue weighted by Crippen LogP contribution is -2.13. The molecule has 1 aromatic carbocycles. The maximum atomic E-state index is 11.7. The number of nitrogen functional groups attached to an aromatic ring is 1. The molecule has 0 aliphatic rings. The van der Waals surface area contributed by atoms with Crippen LogP contribution in [0.2, 0.25) is 0 Å². The van der Waals surface area contributed by atoms with Gasteiger partial charge in [0.15, 0.2) is 0 Å². The maximum absolute atomic E-state index is 11.7. The number of aromatic amines is 1. The highest BCUT2D eigenvalue weighted by atomic mass is 32.1. The van der Waals surface area contributed by atoms with Crippen molar-refractivity contribution in [2.45, 2.75) is 6.10 Å². The smallest absolute Gasteiger partial charge is 0.258 e. The summed E-state index contributed by atoms with van der Waals surface area (Å²) in [5, 5.41) is 17.4. The third kappa shape index (κ3) is 2.74. The fraction of sp³-hybridized carbons (Fsp3) is 0.143. The highest BCUT2D eigenvalue weighted by Gasteiger charge is 2.10. The van der Waals surface area contributed by atoms with Crippen molar-refractivity contribution >= 4 is 33.6 Å². The number of anilines is 2. The third-order valence-electron chi connectivity index (χ3n) is 3.23. The average Bonchev–Trinajstić information content (AvgIpc) is 3.00. The summed E-state index contributed by atoms with van der Waals surface area (Å²) in [7, 11) is 0. The molecule has 0 aliphatic carbocycles. The minimum Gasteiger partial charge on any atom is -0.397 e. The highest BCUT2D eigenvalue weighted by Crippen LogP contribution is 2.24. The first-order valence-corrected chi connectivity index (χ1v) is 7.30. The quantitative estimate of drug-likeness (QED) is 0.549. The fourth-order valence-corrected chi connectivity index (χ4v) is 2.78. The molecule has 0 spiro atoms. The lowest BCUT2D eigenvalue weighted by atomic mass is 10.1. The number of nitrogens with zero attached hydrogens (tertiary/aromatic N) is 1. The van der Waals surface area contributed by atoms with Gasteiger partial charge >= 0.3 is 0 Å². The first kappa shape index (κ1) is 13.6. The number of fused-ring (bicyclic) bond motifs is 1. The second-order valence-corrected chi connectivity index (χ2v) is 5.42. The van der Waals surface area contributed by atoms with Crippen LogP contribution in [0.1, 0.15) is 11.7 Å². The normalized spacial score (nSPS) is 12.4. The summed E-state index contributed by atoms with van der Waals surface area (Å²) >= 11 is 1.54. The monoisotopic (exact) mass is 302 g/mol. The van der Waals surface area contributed by atoms with Crippen LogP contribution in [-0.2, 0) is 0 Å². The van der Waals surface area contributed by atoms with Gasteiger partial charge in [-0.3, -0.25) is 4.79 Å². The van der Waals surface area contributed by atoms with Crippen molar-refractivity contribution in [3.8, 4) is 0 Å². The molecule has 21 heavy (non-hydrogen) atoms. The van der Waals surface area contributed by atoms with Gasteiger partial charge in [0.25, 0.3) is 5.56 Å². The molecule has 0 saturated carbocycles. The Bertz CT molecular complexity index is 813. The Balaban J connectivity index is 1.84. The molecule has 2 heterocycles. The Hall–Kier alpha value is -2.38. The van der Waals surface area contributed by atoms with Gasteiger partial charge in [-0.25, -0.2) is 4.98 Å². The average molecular weight is 302 g/mol. The molecule has 6 nitrogen and oxygen atoms in total. The Morgan fingerprint density at radius 2 is 2.33 bits per heavy atom. The number of nitrogens with one attached hydrogen (secondary N) is 2. The first-order valence-electron chi connectivity index (χ1n) is 6.36. The van der Waals surface area contributed by atoms with Crippen LogP contribution >= 0.6 is 11.3 Å². The molecule has 2 aromatic heterocycles. The van der Waals surface area contributed by atoms with Crippen LogP contribution in [0, 0.1) is 0 Å². The molecular formula is C14H14N4O2S. The molecule has 5 N–H and O–H groups in total. The van der Waals surface area contributed by atoms with E-state index in [0.717, 1.165) is 5.56 Å². The van der Waals surface area contributed by atoms with Gasteiger partial charge in [-0.15, -0.1) is 0 Å². The summed E-state index contributed by atoms with van der Waals surface area (Å²) in [4.78, 5) is 18.3. The second kappa shape index (κ2) is 5.55. The molecule has 0 saturated heterocycles. The molecule has 3 aromatic rings. The number of benzene rings is 1. The van der Waals surface area contributed by atoms with E-state index in [-0.39, 0.29) is 5.56 Å². The van der Waals surface area contributed by atoms with E-state index >= 15 is 0 Å². The van der Waals surface area contributed by atoms with Crippen molar-refractivity contribution in [2.24, 2.45) is 0 Å². The molecule has 0 fully saturated rings. The number of thiophene rings is 1. The van der Waals surface area contributed by atoms with Gasteiger partial charge in [-0.1, -0.05) is 0 Å². The van der Waals surface area contributed by atoms with Crippen molar-refractivity contribution in [3.05, 3.63) is 51.2 Å². The van der Waals surface area contributed by atoms with Crippen LogP contribution < -0.4 is 16.6 Å². The number of H-pyrrole nitrogens is 1. The summed E-state index contributed by atoms with van der Waals surface area (Å²) < 4.78 is 0. The van der Waals surface area contributed by atoms with Gasteiger partial charge in [-0.2, -0.15) is 11.3 Å². The molecule has 0 amide bonds. The Labute approximate surface area is 124 Å². The van der Waals surface area contributed by atoms with Crippen LogP contribution in [0.25, 0.3) is 10.9 Å². The van der Waals surface area contributed by atoms with E-state index < -0.39 is 6.10 Å². The Morgan fingerprint density at radius 1 is 1.48 bits per heavy atom. The zero-order valence-corrected chi connectivity index (χ0v) is 11.9. The molecular weight excluding hydrogens is 288 g/mol. The van der Waals surface area contributed by atoms with Gasteiger partial charge in [-0.05, 0) is 34.5 Å². The van der Waals surface area contributed by atoms with Crippen molar-refractivity contribution in [1.82, 2.24) is 9.97 Å². The minimum absolute atomic E-state index is 0.225. The number of hydrogen-bond acceptors (Lipinski definition) is 6. The van der Waals surface area contributed by atoms with Crippen LogP contribution in [0.4, 0.5) is 11.4 Å². The zero-order valence-electron chi connectivity index (χ0n) is 11.0. The minimum atomic E-state index is -0.613. The number of aliphatic hydroxyl groups is 1.